The molecule has 3 amide bonds. The minimum Gasteiger partial charge on any atom is -0.370 e. The van der Waals surface area contributed by atoms with Gasteiger partial charge in [-0.05, 0) is 86.2 Å². The molecule has 0 saturated heterocycles. The molecule has 7 N–H and O–H groups in total. The summed E-state index contributed by atoms with van der Waals surface area (Å²) in [6.07, 6.45) is 5.49. The molecule has 15 heteroatoms. The lowest BCUT2D eigenvalue weighted by atomic mass is 9.90. The van der Waals surface area contributed by atoms with Gasteiger partial charge in [-0.2, -0.15) is 0 Å². The number of aromatic nitrogens is 3. The minimum atomic E-state index is -0.942. The number of unbranched alkanes of at least 4 members (excludes halogenated alkanes) is 1. The quantitative estimate of drug-likeness (QED) is 0.108. The van der Waals surface area contributed by atoms with E-state index < -0.39 is 23.9 Å². The van der Waals surface area contributed by atoms with Crippen LogP contribution in [0.3, 0.4) is 0 Å². The molecule has 1 aliphatic heterocycles. The molecule has 0 fully saturated rings. The second-order valence-electron chi connectivity index (χ2n) is 14.6. The normalized spacial score (nSPS) is 18.6. The number of Topliss-reactive ketones (excluding diaryl/α,β-unsaturated/α-hetero) is 1. The van der Waals surface area contributed by atoms with Crippen LogP contribution in [0, 0.1) is 19.8 Å². The number of fused-ring (bicyclic) bond motifs is 3. The summed E-state index contributed by atoms with van der Waals surface area (Å²) < 4.78 is 5.49. The van der Waals surface area contributed by atoms with E-state index in [-0.39, 0.29) is 56.4 Å². The van der Waals surface area contributed by atoms with Gasteiger partial charge in [0.05, 0.1) is 16.8 Å². The van der Waals surface area contributed by atoms with Gasteiger partial charge in [0.1, 0.15) is 16.8 Å². The highest BCUT2D eigenvalue weighted by atomic mass is 35.5. The van der Waals surface area contributed by atoms with Crippen LogP contribution in [-0.4, -0.2) is 69.2 Å². The lowest BCUT2D eigenvalue weighted by Gasteiger charge is -2.31. The summed E-state index contributed by atoms with van der Waals surface area (Å²) in [7, 11) is 1.62. The van der Waals surface area contributed by atoms with Crippen LogP contribution in [0.5, 0.6) is 0 Å². The number of carbonyl (C=O) groups is 4. The van der Waals surface area contributed by atoms with E-state index in [2.05, 4.69) is 20.8 Å². The van der Waals surface area contributed by atoms with E-state index in [1.165, 1.54) is 16.7 Å². The Bertz CT molecular complexity index is 2240. The topological polar surface area (TPSA) is 202 Å². The summed E-state index contributed by atoms with van der Waals surface area (Å²) in [4.78, 5) is 65.5. The second kappa shape index (κ2) is 18.9. The van der Waals surface area contributed by atoms with Crippen LogP contribution in [0.1, 0.15) is 66.7 Å². The van der Waals surface area contributed by atoms with Crippen LogP contribution in [-0.2, 0) is 38.7 Å². The molecular formula is C42H49ClN8O5S. The van der Waals surface area contributed by atoms with Gasteiger partial charge in [-0.25, -0.2) is 4.98 Å². The number of hydrogen-bond donors (Lipinski definition) is 5. The zero-order valence-corrected chi connectivity index (χ0v) is 34.0. The molecular weight excluding hydrogens is 764 g/mol. The zero-order chi connectivity index (χ0) is 40.6. The number of rotatable bonds is 10. The van der Waals surface area contributed by atoms with E-state index in [4.69, 9.17) is 32.6 Å². The van der Waals surface area contributed by atoms with Crippen LogP contribution in [0.4, 0.5) is 0 Å². The van der Waals surface area contributed by atoms with E-state index in [9.17, 15) is 19.2 Å². The molecule has 0 unspecified atom stereocenters. The van der Waals surface area contributed by atoms with Crippen molar-refractivity contribution in [3.63, 3.8) is 0 Å². The number of aromatic amines is 1. The number of nitrogens with zero attached hydrogens (tertiary/aromatic N) is 3. The number of benzene rings is 2. The predicted octanol–water partition coefficient (Wildman–Crippen LogP) is 5.77. The van der Waals surface area contributed by atoms with Crippen LogP contribution < -0.4 is 22.1 Å². The molecule has 0 aliphatic carbocycles. The predicted molar refractivity (Wildman–Crippen MR) is 220 cm³/mol. The van der Waals surface area contributed by atoms with Gasteiger partial charge >= 0.3 is 0 Å². The fourth-order valence-electron chi connectivity index (χ4n) is 7.47. The fraction of sp³-hybridized carbons (Fsp3) is 0.381. The maximum atomic E-state index is 14.6. The SMILES string of the molecule is Cc1noc(C)c1-c1cc(Cl)c2c(c1)CNC(=O)[C@H](Cc1c[nH]c3ccccc13)N(C)C(=O)[C@H](CCCCN)CC(=O)[C@H](CCC(N)=O)NCc1cccnc1S2. The van der Waals surface area contributed by atoms with E-state index in [1.807, 2.05) is 68.6 Å². The minimum absolute atomic E-state index is 0.0208. The average Bonchev–Trinajstić information content (AvgIpc) is 3.77. The molecule has 6 rings (SSSR count). The van der Waals surface area contributed by atoms with Gasteiger partial charge in [0.15, 0.2) is 5.78 Å². The molecule has 0 radical (unpaired) electrons. The van der Waals surface area contributed by atoms with Crippen molar-refractivity contribution in [2.24, 2.45) is 17.4 Å². The third-order valence-corrected chi connectivity index (χ3v) is 12.2. The van der Waals surface area contributed by atoms with Gasteiger partial charge in [0.2, 0.25) is 17.7 Å². The molecule has 1 aliphatic rings. The fourth-order valence-corrected chi connectivity index (χ4v) is 8.82. The first-order valence-electron chi connectivity index (χ1n) is 19.2. The van der Waals surface area contributed by atoms with Crippen LogP contribution in [0.25, 0.3) is 22.0 Å². The Morgan fingerprint density at radius 2 is 1.86 bits per heavy atom. The van der Waals surface area contributed by atoms with Crippen molar-refractivity contribution >= 4 is 57.8 Å². The summed E-state index contributed by atoms with van der Waals surface area (Å²) in [6.45, 7) is 4.45. The number of pyridine rings is 1. The van der Waals surface area contributed by atoms with Gasteiger partial charge in [-0.3, -0.25) is 19.2 Å². The first-order valence-corrected chi connectivity index (χ1v) is 20.4. The smallest absolute Gasteiger partial charge is 0.243 e. The highest BCUT2D eigenvalue weighted by Gasteiger charge is 2.34. The Morgan fingerprint density at radius 1 is 1.05 bits per heavy atom. The van der Waals surface area contributed by atoms with Crippen LogP contribution >= 0.6 is 23.4 Å². The Labute approximate surface area is 341 Å². The van der Waals surface area contributed by atoms with Crippen molar-refractivity contribution in [1.29, 1.82) is 0 Å². The van der Waals surface area contributed by atoms with Crippen molar-refractivity contribution in [1.82, 2.24) is 30.7 Å². The first kappa shape index (κ1) is 41.6. The van der Waals surface area contributed by atoms with Crippen LogP contribution in [0.15, 0.2) is 75.4 Å². The molecule has 0 bridgehead atoms. The number of amides is 3. The van der Waals surface area contributed by atoms with Crippen molar-refractivity contribution in [3.05, 3.63) is 94.1 Å². The second-order valence-corrected chi connectivity index (χ2v) is 16.0. The van der Waals surface area contributed by atoms with Gasteiger partial charge in [0, 0.05) is 79.1 Å². The Balaban J connectivity index is 1.46. The highest BCUT2D eigenvalue weighted by molar-refractivity contribution is 7.99. The number of aryl methyl sites for hydroxylation is 2. The number of carbonyl (C=O) groups excluding carboxylic acids is 4. The number of halogens is 1. The summed E-state index contributed by atoms with van der Waals surface area (Å²) in [5.41, 5.74) is 16.9. The first-order chi connectivity index (χ1) is 27.4. The maximum absolute atomic E-state index is 14.6. The Hall–Kier alpha value is -5.02. The average molecular weight is 813 g/mol. The molecule has 0 saturated carbocycles. The third kappa shape index (κ3) is 9.93. The molecule has 2 aromatic carbocycles. The summed E-state index contributed by atoms with van der Waals surface area (Å²) >= 11 is 8.46. The summed E-state index contributed by atoms with van der Waals surface area (Å²) in [6, 6.07) is 13.6. The Morgan fingerprint density at radius 3 is 2.61 bits per heavy atom. The summed E-state index contributed by atoms with van der Waals surface area (Å²) in [5, 5.41) is 12.7. The molecule has 300 valence electrons. The van der Waals surface area contributed by atoms with E-state index in [0.29, 0.717) is 52.2 Å². The maximum Gasteiger partial charge on any atom is 0.243 e. The van der Waals surface area contributed by atoms with Gasteiger partial charge in [-0.15, -0.1) is 0 Å². The molecule has 4 heterocycles. The van der Waals surface area contributed by atoms with Crippen molar-refractivity contribution in [2.45, 2.75) is 93.9 Å². The van der Waals surface area contributed by atoms with Gasteiger partial charge in [-0.1, -0.05) is 59.2 Å². The number of nitrogens with two attached hydrogens (primary N) is 2. The lowest BCUT2D eigenvalue weighted by Crippen LogP contribution is -2.51. The largest absolute Gasteiger partial charge is 0.370 e. The zero-order valence-electron chi connectivity index (χ0n) is 32.4. The number of hydrogen-bond acceptors (Lipinski definition) is 10. The van der Waals surface area contributed by atoms with Crippen molar-refractivity contribution in [3.8, 4) is 11.1 Å². The number of para-hydroxylation sites is 1. The monoisotopic (exact) mass is 812 g/mol. The highest BCUT2D eigenvalue weighted by Crippen LogP contribution is 2.41. The molecule has 3 atom stereocenters. The Kier molecular flexibility index (Phi) is 13.8. The molecule has 13 nitrogen and oxygen atoms in total. The standard InChI is InChI=1S/C42H49ClN8O5S/c1-24-38(25(2)56-50-24)28-17-30-23-49-40(54)35(19-29-22-47-33-12-5-4-11-31(29)33)51(3)42(55)26(9-6-7-15-44)20-36(52)34(13-14-37(45)53)48-21-27-10-8-16-46-41(27)57-39(30)32(43)18-28/h4-5,8,10-12,16-18,22,26,34-35,47-48H,6-7,9,13-15,19-21,23,44H2,1-3H3,(H2,45,53)(H,49,54)/t26-,34+,35+/m1/s1. The lowest BCUT2D eigenvalue weighted by molar-refractivity contribution is -0.143. The van der Waals surface area contributed by atoms with E-state index >= 15 is 0 Å². The van der Waals surface area contributed by atoms with Crippen molar-refractivity contribution < 1.29 is 23.7 Å². The van der Waals surface area contributed by atoms with E-state index in [1.54, 1.807) is 13.2 Å². The number of likely N-dealkylation sites (N-methyl/N-ethyl adjacent to an activating group) is 1. The number of nitrogens with one attached hydrogen (secondary N) is 3. The number of H-pyrrole nitrogens is 1. The molecule has 0 spiro atoms. The summed E-state index contributed by atoms with van der Waals surface area (Å²) in [5.74, 6) is -1.56. The molecule has 5 aromatic rings. The molecule has 3 aromatic heterocycles. The van der Waals surface area contributed by atoms with Gasteiger partial charge < -0.3 is 36.5 Å². The van der Waals surface area contributed by atoms with Crippen molar-refractivity contribution in [2.75, 3.05) is 13.6 Å². The molecule has 57 heavy (non-hydrogen) atoms. The van der Waals surface area contributed by atoms with Crippen LogP contribution in [0.2, 0.25) is 5.02 Å². The van der Waals surface area contributed by atoms with E-state index in [0.717, 1.165) is 38.7 Å². The third-order valence-electron chi connectivity index (χ3n) is 10.6. The van der Waals surface area contributed by atoms with Gasteiger partial charge in [0.25, 0.3) is 0 Å². The number of primary amides is 1. The number of ketones is 1.